The van der Waals surface area contributed by atoms with Gasteiger partial charge in [-0.25, -0.2) is 9.37 Å². The van der Waals surface area contributed by atoms with E-state index in [4.69, 9.17) is 4.74 Å². The van der Waals surface area contributed by atoms with Crippen molar-refractivity contribution in [1.29, 1.82) is 0 Å². The van der Waals surface area contributed by atoms with Crippen LogP contribution in [0.2, 0.25) is 0 Å². The van der Waals surface area contributed by atoms with Gasteiger partial charge in [-0.3, -0.25) is 0 Å². The summed E-state index contributed by atoms with van der Waals surface area (Å²) in [7, 11) is 2.07. The third-order valence-corrected chi connectivity index (χ3v) is 4.43. The van der Waals surface area contributed by atoms with Gasteiger partial charge in [-0.15, -0.1) is 0 Å². The number of hydrogen-bond acceptors (Lipinski definition) is 3. The molecule has 0 aliphatic carbocycles. The van der Waals surface area contributed by atoms with E-state index in [0.29, 0.717) is 12.5 Å². The van der Waals surface area contributed by atoms with Crippen LogP contribution in [-0.2, 0) is 7.05 Å². The maximum absolute atomic E-state index is 12.8. The van der Waals surface area contributed by atoms with E-state index < -0.39 is 0 Å². The van der Waals surface area contributed by atoms with Gasteiger partial charge in [0.15, 0.2) is 0 Å². The molecule has 2 aromatic rings. The summed E-state index contributed by atoms with van der Waals surface area (Å²) in [4.78, 5) is 6.99. The van der Waals surface area contributed by atoms with Crippen LogP contribution in [0, 0.1) is 5.82 Å². The summed E-state index contributed by atoms with van der Waals surface area (Å²) in [5, 5.41) is 0. The molecule has 0 bridgehead atoms. The van der Waals surface area contributed by atoms with Crippen LogP contribution in [0.25, 0.3) is 0 Å². The van der Waals surface area contributed by atoms with Crippen LogP contribution in [0.1, 0.15) is 31.0 Å². The molecule has 1 aromatic carbocycles. The van der Waals surface area contributed by atoms with Gasteiger partial charge in [0.25, 0.3) is 0 Å². The van der Waals surface area contributed by atoms with Gasteiger partial charge < -0.3 is 14.2 Å². The summed E-state index contributed by atoms with van der Waals surface area (Å²) >= 11 is 0. The predicted molar refractivity (Wildman–Crippen MR) is 88.1 cm³/mol. The molecule has 1 aliphatic rings. The summed E-state index contributed by atoms with van der Waals surface area (Å²) < 4.78 is 20.6. The lowest BCUT2D eigenvalue weighted by molar-refractivity contribution is 0.185. The maximum Gasteiger partial charge on any atom is 0.123 e. The number of aryl methyl sites for hydroxylation is 1. The summed E-state index contributed by atoms with van der Waals surface area (Å²) in [6.45, 7) is 3.91. The van der Waals surface area contributed by atoms with Gasteiger partial charge in [-0.05, 0) is 50.1 Å². The van der Waals surface area contributed by atoms with E-state index in [1.54, 1.807) is 12.1 Å². The number of halogens is 1. The highest BCUT2D eigenvalue weighted by Gasteiger charge is 2.23. The molecular formula is C18H24FN3O. The molecule has 5 heteroatoms. The van der Waals surface area contributed by atoms with E-state index in [1.165, 1.54) is 30.8 Å². The van der Waals surface area contributed by atoms with E-state index in [9.17, 15) is 4.39 Å². The lowest BCUT2D eigenvalue weighted by atomic mass is 9.97. The van der Waals surface area contributed by atoms with Crippen LogP contribution >= 0.6 is 0 Å². The molecule has 1 atom stereocenters. The average molecular weight is 317 g/mol. The highest BCUT2D eigenvalue weighted by atomic mass is 19.1. The van der Waals surface area contributed by atoms with Gasteiger partial charge in [0.1, 0.15) is 17.4 Å². The Morgan fingerprint density at radius 1 is 1.30 bits per heavy atom. The zero-order chi connectivity index (χ0) is 16.1. The van der Waals surface area contributed by atoms with Crippen LogP contribution in [0.3, 0.4) is 0 Å². The van der Waals surface area contributed by atoms with Crippen molar-refractivity contribution in [2.75, 3.05) is 26.2 Å². The fourth-order valence-corrected chi connectivity index (χ4v) is 3.25. The Kier molecular flexibility index (Phi) is 5.28. The number of benzene rings is 1. The molecule has 1 fully saturated rings. The van der Waals surface area contributed by atoms with Crippen molar-refractivity contribution < 1.29 is 9.13 Å². The molecule has 3 rings (SSSR count). The number of ether oxygens (including phenoxy) is 1. The number of piperidine rings is 1. The second kappa shape index (κ2) is 7.59. The van der Waals surface area contributed by atoms with Gasteiger partial charge in [-0.2, -0.15) is 0 Å². The Morgan fingerprint density at radius 2 is 2.13 bits per heavy atom. The number of nitrogens with zero attached hydrogens (tertiary/aromatic N) is 3. The van der Waals surface area contributed by atoms with Crippen molar-refractivity contribution in [3.63, 3.8) is 0 Å². The molecule has 1 saturated heterocycles. The Balaban J connectivity index is 1.41. The minimum atomic E-state index is -0.231. The Bertz CT molecular complexity index is 611. The molecule has 1 unspecified atom stereocenters. The molecule has 124 valence electrons. The number of aromatic nitrogens is 2. The van der Waals surface area contributed by atoms with Crippen LogP contribution in [0.15, 0.2) is 36.7 Å². The number of likely N-dealkylation sites (tertiary alicyclic amines) is 1. The summed E-state index contributed by atoms with van der Waals surface area (Å²) in [6, 6.07) is 6.20. The zero-order valence-electron chi connectivity index (χ0n) is 13.6. The van der Waals surface area contributed by atoms with Crippen molar-refractivity contribution in [1.82, 2.24) is 14.5 Å². The number of hydrogen-bond donors (Lipinski definition) is 0. The van der Waals surface area contributed by atoms with E-state index in [-0.39, 0.29) is 5.82 Å². The quantitative estimate of drug-likeness (QED) is 0.767. The first-order valence-electron chi connectivity index (χ1n) is 8.30. The Hall–Kier alpha value is -1.88. The molecule has 2 heterocycles. The molecule has 4 nitrogen and oxygen atoms in total. The lowest BCUT2D eigenvalue weighted by Crippen LogP contribution is -2.36. The molecule has 23 heavy (non-hydrogen) atoms. The van der Waals surface area contributed by atoms with Gasteiger partial charge in [0, 0.05) is 38.4 Å². The molecule has 0 spiro atoms. The summed E-state index contributed by atoms with van der Waals surface area (Å²) in [5.41, 5.74) is 0. The minimum absolute atomic E-state index is 0.231. The molecular weight excluding hydrogens is 293 g/mol. The van der Waals surface area contributed by atoms with Gasteiger partial charge in [-0.1, -0.05) is 0 Å². The second-order valence-corrected chi connectivity index (χ2v) is 6.19. The van der Waals surface area contributed by atoms with Crippen molar-refractivity contribution in [2.45, 2.75) is 25.2 Å². The fourth-order valence-electron chi connectivity index (χ4n) is 3.25. The second-order valence-electron chi connectivity index (χ2n) is 6.19. The van der Waals surface area contributed by atoms with Crippen molar-refractivity contribution >= 4 is 0 Å². The molecule has 1 aliphatic heterocycles. The molecule has 0 saturated carbocycles. The lowest BCUT2D eigenvalue weighted by Gasteiger charge is -2.32. The average Bonchev–Trinajstić information content (AvgIpc) is 3.00. The highest BCUT2D eigenvalue weighted by molar-refractivity contribution is 5.21. The summed E-state index contributed by atoms with van der Waals surface area (Å²) in [6.07, 6.45) is 7.31. The first-order valence-corrected chi connectivity index (χ1v) is 8.30. The predicted octanol–water partition coefficient (Wildman–Crippen LogP) is 3.21. The first kappa shape index (κ1) is 16.0. The number of imidazole rings is 1. The Labute approximate surface area is 136 Å². The van der Waals surface area contributed by atoms with Crippen LogP contribution in [-0.4, -0.2) is 40.7 Å². The SMILES string of the molecule is Cn1ccnc1C1CCCN(CCCOc2ccc(F)cc2)C1. The monoisotopic (exact) mass is 317 g/mol. The topological polar surface area (TPSA) is 30.3 Å². The first-order chi connectivity index (χ1) is 11.2. The standard InChI is InChI=1S/C18H24FN3O/c1-21-12-9-20-18(21)15-4-2-10-22(14-15)11-3-13-23-17-7-5-16(19)6-8-17/h5-9,12,15H,2-4,10-11,13-14H2,1H3. The minimum Gasteiger partial charge on any atom is -0.494 e. The molecule has 0 amide bonds. The van der Waals surface area contributed by atoms with Crippen LogP contribution in [0.5, 0.6) is 5.75 Å². The molecule has 0 radical (unpaired) electrons. The van der Waals surface area contributed by atoms with Gasteiger partial charge >= 0.3 is 0 Å². The number of rotatable bonds is 6. The fraction of sp³-hybridized carbons (Fsp3) is 0.500. The van der Waals surface area contributed by atoms with E-state index in [0.717, 1.165) is 31.8 Å². The van der Waals surface area contributed by atoms with E-state index >= 15 is 0 Å². The molecule has 1 aromatic heterocycles. The zero-order valence-corrected chi connectivity index (χ0v) is 13.6. The smallest absolute Gasteiger partial charge is 0.123 e. The third-order valence-electron chi connectivity index (χ3n) is 4.43. The maximum atomic E-state index is 12.8. The third kappa shape index (κ3) is 4.32. The summed E-state index contributed by atoms with van der Waals surface area (Å²) in [5.74, 6) is 2.22. The van der Waals surface area contributed by atoms with Gasteiger partial charge in [0.2, 0.25) is 0 Å². The van der Waals surface area contributed by atoms with Crippen molar-refractivity contribution in [3.8, 4) is 5.75 Å². The highest BCUT2D eigenvalue weighted by Crippen LogP contribution is 2.25. The van der Waals surface area contributed by atoms with Crippen molar-refractivity contribution in [2.24, 2.45) is 7.05 Å². The van der Waals surface area contributed by atoms with E-state index in [2.05, 4.69) is 21.5 Å². The molecule has 0 N–H and O–H groups in total. The van der Waals surface area contributed by atoms with Crippen LogP contribution < -0.4 is 4.74 Å². The Morgan fingerprint density at radius 3 is 2.87 bits per heavy atom. The van der Waals surface area contributed by atoms with Gasteiger partial charge in [0.05, 0.1) is 6.61 Å². The largest absolute Gasteiger partial charge is 0.494 e. The van der Waals surface area contributed by atoms with E-state index in [1.807, 2.05) is 12.4 Å². The normalized spacial score (nSPS) is 19.0. The van der Waals surface area contributed by atoms with Crippen LogP contribution in [0.4, 0.5) is 4.39 Å². The van der Waals surface area contributed by atoms with Crippen molar-refractivity contribution in [3.05, 3.63) is 48.3 Å².